The number of nitriles is 1. The van der Waals surface area contributed by atoms with Gasteiger partial charge in [0.05, 0.1) is 36.3 Å². The second-order valence-corrected chi connectivity index (χ2v) is 6.27. The Hall–Kier alpha value is -2.46. The molecule has 0 spiro atoms. The Bertz CT molecular complexity index is 849. The number of rotatable bonds is 2. The van der Waals surface area contributed by atoms with E-state index in [-0.39, 0.29) is 18.3 Å². The van der Waals surface area contributed by atoms with Crippen LogP contribution in [0.2, 0.25) is 0 Å². The van der Waals surface area contributed by atoms with E-state index >= 15 is 0 Å². The van der Waals surface area contributed by atoms with Crippen LogP contribution in [0.15, 0.2) is 63.5 Å². The maximum atomic E-state index is 12.3. The van der Waals surface area contributed by atoms with Crippen LogP contribution in [-0.2, 0) is 9.53 Å². The largest absolute Gasteiger partial charge is 0.379 e. The molecule has 0 bridgehead atoms. The molecule has 0 aromatic heterocycles. The molecule has 4 aliphatic rings. The molecule has 1 N–H and O–H groups in total. The van der Waals surface area contributed by atoms with Gasteiger partial charge in [0.2, 0.25) is 0 Å². The molecule has 1 saturated heterocycles. The Labute approximate surface area is 158 Å². The van der Waals surface area contributed by atoms with Crippen LogP contribution in [0.5, 0.6) is 0 Å². The van der Waals surface area contributed by atoms with E-state index in [2.05, 4.69) is 21.3 Å². The molecule has 4 rings (SSSR count). The maximum absolute atomic E-state index is 12.3. The Balaban J connectivity index is 0.00000196. The predicted molar refractivity (Wildman–Crippen MR) is 101 cm³/mol. The molecule has 1 aliphatic carbocycles. The SMILES string of the molecule is Cl.N#CC1=CCC2=NC(=O)C(=C3C=CC(CN4CCOCC4)=CN3)C2=C1. The van der Waals surface area contributed by atoms with Gasteiger partial charge in [0.1, 0.15) is 0 Å². The number of carbonyl (C=O) groups is 1. The zero-order chi connectivity index (χ0) is 17.2. The molecular formula is C19H19ClN4O2. The van der Waals surface area contributed by atoms with Crippen molar-refractivity contribution in [1.82, 2.24) is 10.2 Å². The highest BCUT2D eigenvalue weighted by Crippen LogP contribution is 2.31. The molecule has 7 heteroatoms. The summed E-state index contributed by atoms with van der Waals surface area (Å²) in [6.45, 7) is 4.28. The third-order valence-electron chi connectivity index (χ3n) is 4.63. The van der Waals surface area contributed by atoms with Crippen molar-refractivity contribution >= 4 is 24.0 Å². The molecular weight excluding hydrogens is 352 g/mol. The second kappa shape index (κ2) is 7.83. The van der Waals surface area contributed by atoms with Crippen LogP contribution in [0.4, 0.5) is 0 Å². The number of dihydropyridines is 1. The number of nitrogens with one attached hydrogen (secondary N) is 1. The summed E-state index contributed by atoms with van der Waals surface area (Å²) in [6, 6.07) is 2.14. The van der Waals surface area contributed by atoms with Gasteiger partial charge in [-0.15, -0.1) is 12.4 Å². The Morgan fingerprint density at radius 1 is 1.31 bits per heavy atom. The fourth-order valence-electron chi connectivity index (χ4n) is 3.30. The summed E-state index contributed by atoms with van der Waals surface area (Å²) in [5, 5.41) is 12.3. The average Bonchev–Trinajstić information content (AvgIpc) is 2.98. The smallest absolute Gasteiger partial charge is 0.280 e. The highest BCUT2D eigenvalue weighted by molar-refractivity contribution is 6.26. The normalized spacial score (nSPS) is 25.1. The van der Waals surface area contributed by atoms with Crippen LogP contribution in [-0.4, -0.2) is 49.4 Å². The highest BCUT2D eigenvalue weighted by Gasteiger charge is 2.31. The van der Waals surface area contributed by atoms with E-state index in [4.69, 9.17) is 10.00 Å². The van der Waals surface area contributed by atoms with Gasteiger partial charge in [0, 0.05) is 43.4 Å². The molecule has 3 heterocycles. The Kier molecular flexibility index (Phi) is 5.52. The molecule has 6 nitrogen and oxygen atoms in total. The lowest BCUT2D eigenvalue weighted by molar-refractivity contribution is -0.113. The van der Waals surface area contributed by atoms with Gasteiger partial charge in [-0.05, 0) is 17.7 Å². The van der Waals surface area contributed by atoms with Crippen molar-refractivity contribution in [3.8, 4) is 6.07 Å². The first-order valence-corrected chi connectivity index (χ1v) is 8.37. The molecule has 1 fully saturated rings. The molecule has 0 radical (unpaired) electrons. The van der Waals surface area contributed by atoms with E-state index in [1.54, 1.807) is 12.2 Å². The number of fused-ring (bicyclic) bond motifs is 1. The van der Waals surface area contributed by atoms with E-state index in [9.17, 15) is 4.79 Å². The van der Waals surface area contributed by atoms with Crippen LogP contribution in [0.3, 0.4) is 0 Å². The van der Waals surface area contributed by atoms with Gasteiger partial charge >= 0.3 is 0 Å². The molecule has 0 saturated carbocycles. The Morgan fingerprint density at radius 3 is 2.81 bits per heavy atom. The summed E-state index contributed by atoms with van der Waals surface area (Å²) < 4.78 is 5.37. The fourth-order valence-corrected chi connectivity index (χ4v) is 3.30. The van der Waals surface area contributed by atoms with Gasteiger partial charge in [-0.1, -0.05) is 12.2 Å². The minimum absolute atomic E-state index is 0. The van der Waals surface area contributed by atoms with Gasteiger partial charge in [-0.2, -0.15) is 5.26 Å². The van der Waals surface area contributed by atoms with Gasteiger partial charge < -0.3 is 10.1 Å². The van der Waals surface area contributed by atoms with Crippen molar-refractivity contribution in [2.45, 2.75) is 6.42 Å². The molecule has 3 aliphatic heterocycles. The highest BCUT2D eigenvalue weighted by atomic mass is 35.5. The standard InChI is InChI=1S/C19H18N4O2.ClH/c20-10-13-1-3-16-15(9-13)18(19(24)22-16)17-4-2-14(11-21-17)12-23-5-7-25-8-6-23;/h1-2,4,9,11,21H,3,5-8,12H2;1H. The van der Waals surface area contributed by atoms with Gasteiger partial charge in [0.25, 0.3) is 5.91 Å². The number of halogens is 1. The summed E-state index contributed by atoms with van der Waals surface area (Å²) in [4.78, 5) is 18.8. The van der Waals surface area contributed by atoms with E-state index in [1.807, 2.05) is 18.4 Å². The quantitative estimate of drug-likeness (QED) is 0.750. The van der Waals surface area contributed by atoms with Crippen LogP contribution >= 0.6 is 12.4 Å². The van der Waals surface area contributed by atoms with E-state index in [0.29, 0.717) is 17.6 Å². The Morgan fingerprint density at radius 2 is 2.12 bits per heavy atom. The molecule has 0 aromatic rings. The molecule has 134 valence electrons. The number of ether oxygens (including phenoxy) is 1. The minimum Gasteiger partial charge on any atom is -0.379 e. The summed E-state index contributed by atoms with van der Waals surface area (Å²) in [5.41, 5.74) is 4.53. The van der Waals surface area contributed by atoms with Crippen LogP contribution in [0.1, 0.15) is 6.42 Å². The summed E-state index contributed by atoms with van der Waals surface area (Å²) in [5.74, 6) is -0.244. The van der Waals surface area contributed by atoms with Crippen molar-refractivity contribution in [2.75, 3.05) is 32.8 Å². The number of morpholine rings is 1. The van der Waals surface area contributed by atoms with Crippen molar-refractivity contribution in [2.24, 2.45) is 4.99 Å². The van der Waals surface area contributed by atoms with Crippen molar-refractivity contribution < 1.29 is 9.53 Å². The molecule has 1 amide bonds. The number of amides is 1. The van der Waals surface area contributed by atoms with Crippen LogP contribution in [0, 0.1) is 11.3 Å². The zero-order valence-corrected chi connectivity index (χ0v) is 15.0. The molecule has 0 unspecified atom stereocenters. The third-order valence-corrected chi connectivity index (χ3v) is 4.63. The zero-order valence-electron chi connectivity index (χ0n) is 14.2. The molecule has 0 aromatic carbocycles. The lowest BCUT2D eigenvalue weighted by Crippen LogP contribution is -2.37. The van der Waals surface area contributed by atoms with Gasteiger partial charge in [0.15, 0.2) is 0 Å². The van der Waals surface area contributed by atoms with E-state index in [0.717, 1.165) is 55.4 Å². The first kappa shape index (κ1) is 18.3. The van der Waals surface area contributed by atoms with Gasteiger partial charge in [-0.3, -0.25) is 9.69 Å². The van der Waals surface area contributed by atoms with E-state index < -0.39 is 0 Å². The maximum Gasteiger partial charge on any atom is 0.280 e. The summed E-state index contributed by atoms with van der Waals surface area (Å²) in [6.07, 6.45) is 9.97. The average molecular weight is 371 g/mol. The number of hydrogen-bond donors (Lipinski definition) is 1. The van der Waals surface area contributed by atoms with Gasteiger partial charge in [-0.25, -0.2) is 4.99 Å². The molecule has 0 atom stereocenters. The lowest BCUT2D eigenvalue weighted by atomic mass is 9.92. The molecule has 26 heavy (non-hydrogen) atoms. The lowest BCUT2D eigenvalue weighted by Gasteiger charge is -2.27. The number of carbonyl (C=O) groups excluding carboxylic acids is 1. The van der Waals surface area contributed by atoms with Crippen LogP contribution in [0.25, 0.3) is 0 Å². The predicted octanol–water partition coefficient (Wildman–Crippen LogP) is 1.80. The minimum atomic E-state index is -0.244. The van der Waals surface area contributed by atoms with E-state index in [1.165, 1.54) is 0 Å². The number of allylic oxidation sites excluding steroid dienone is 4. The number of aliphatic imine (C=N–C) groups is 1. The first-order valence-electron chi connectivity index (χ1n) is 8.37. The fraction of sp³-hybridized carbons (Fsp3) is 0.316. The van der Waals surface area contributed by atoms with Crippen LogP contribution < -0.4 is 5.32 Å². The topological polar surface area (TPSA) is 77.7 Å². The summed E-state index contributed by atoms with van der Waals surface area (Å²) in [7, 11) is 0. The number of nitrogens with zero attached hydrogens (tertiary/aromatic N) is 3. The summed E-state index contributed by atoms with van der Waals surface area (Å²) >= 11 is 0. The number of hydrogen-bond acceptors (Lipinski definition) is 5. The monoisotopic (exact) mass is 370 g/mol. The second-order valence-electron chi connectivity index (χ2n) is 6.27. The van der Waals surface area contributed by atoms with Crippen molar-refractivity contribution in [3.05, 3.63) is 58.5 Å². The third kappa shape index (κ3) is 3.56. The van der Waals surface area contributed by atoms with Crippen molar-refractivity contribution in [1.29, 1.82) is 5.26 Å². The first-order chi connectivity index (χ1) is 12.2. The van der Waals surface area contributed by atoms with Crippen molar-refractivity contribution in [3.63, 3.8) is 0 Å².